The number of carbonyl (C=O) groups excluding carboxylic acids is 1. The Morgan fingerprint density at radius 2 is 1.92 bits per heavy atom. The molecular weight excluding hydrogens is 372 g/mol. The molecule has 2 aromatic rings. The summed E-state index contributed by atoms with van der Waals surface area (Å²) in [5.41, 5.74) is 1.62. The van der Waals surface area contributed by atoms with Crippen LogP contribution in [0.4, 0.5) is 0 Å². The maximum atomic E-state index is 12.7. The summed E-state index contributed by atoms with van der Waals surface area (Å²) in [6.07, 6.45) is 0.836. The average molecular weight is 397 g/mol. The smallest absolute Gasteiger partial charge is 0.338 e. The van der Waals surface area contributed by atoms with E-state index in [9.17, 15) is 13.2 Å². The summed E-state index contributed by atoms with van der Waals surface area (Å²) in [7, 11) is -3.63. The van der Waals surface area contributed by atoms with Crippen LogP contribution in [0, 0.1) is 6.92 Å². The van der Waals surface area contributed by atoms with E-state index in [0.29, 0.717) is 24.3 Å². The number of rotatable bonds is 8. The highest BCUT2D eigenvalue weighted by molar-refractivity contribution is 7.89. The van der Waals surface area contributed by atoms with Gasteiger partial charge in [0.2, 0.25) is 10.0 Å². The number of hydrogen-bond donors (Lipinski definition) is 0. The van der Waals surface area contributed by atoms with E-state index in [0.717, 1.165) is 11.4 Å². The number of esters is 1. The highest BCUT2D eigenvalue weighted by Gasteiger charge is 2.24. The van der Waals surface area contributed by atoms with Gasteiger partial charge in [0.1, 0.15) is 6.61 Å². The fourth-order valence-electron chi connectivity index (χ4n) is 2.49. The monoisotopic (exact) mass is 396 g/mol. The van der Waals surface area contributed by atoms with Crippen molar-refractivity contribution in [1.29, 1.82) is 0 Å². The Morgan fingerprint density at radius 3 is 2.50 bits per heavy atom. The number of aromatic nitrogens is 1. The van der Waals surface area contributed by atoms with Gasteiger partial charge in [0, 0.05) is 18.5 Å². The Hall–Kier alpha value is -1.77. The first-order valence-electron chi connectivity index (χ1n) is 8.54. The predicted molar refractivity (Wildman–Crippen MR) is 102 cm³/mol. The van der Waals surface area contributed by atoms with E-state index >= 15 is 0 Å². The first-order valence-corrected chi connectivity index (χ1v) is 10.9. The van der Waals surface area contributed by atoms with Gasteiger partial charge in [0.05, 0.1) is 21.2 Å². The van der Waals surface area contributed by atoms with Crippen molar-refractivity contribution in [3.8, 4) is 0 Å². The van der Waals surface area contributed by atoms with E-state index < -0.39 is 16.0 Å². The molecule has 6 nitrogen and oxygen atoms in total. The van der Waals surface area contributed by atoms with E-state index in [1.54, 1.807) is 26.8 Å². The third-order valence-corrected chi connectivity index (χ3v) is 7.11. The topological polar surface area (TPSA) is 76.6 Å². The molecule has 0 aliphatic heterocycles. The van der Waals surface area contributed by atoms with Gasteiger partial charge in [-0.3, -0.25) is 0 Å². The fraction of sp³-hybridized carbons (Fsp3) is 0.444. The van der Waals surface area contributed by atoms with Gasteiger partial charge in [-0.2, -0.15) is 4.31 Å². The predicted octanol–water partition coefficient (Wildman–Crippen LogP) is 3.40. The summed E-state index contributed by atoms with van der Waals surface area (Å²) in [5.74, 6) is -0.551. The number of sulfonamides is 1. The molecule has 0 N–H and O–H groups in total. The van der Waals surface area contributed by atoms with Gasteiger partial charge in [-0.1, -0.05) is 26.8 Å². The Bertz CT molecular complexity index is 871. The van der Waals surface area contributed by atoms with Gasteiger partial charge in [0.15, 0.2) is 0 Å². The number of carbonyl (C=O) groups is 1. The van der Waals surface area contributed by atoms with Crippen LogP contribution < -0.4 is 0 Å². The van der Waals surface area contributed by atoms with Crippen LogP contribution in [0.15, 0.2) is 28.5 Å². The second-order valence-corrected chi connectivity index (χ2v) is 8.61. The van der Waals surface area contributed by atoms with Gasteiger partial charge >= 0.3 is 5.97 Å². The van der Waals surface area contributed by atoms with E-state index in [-0.39, 0.29) is 17.1 Å². The van der Waals surface area contributed by atoms with Crippen molar-refractivity contribution in [3.05, 3.63) is 45.4 Å². The Labute approximate surface area is 158 Å². The van der Waals surface area contributed by atoms with Crippen LogP contribution in [0.25, 0.3) is 0 Å². The van der Waals surface area contributed by atoms with Crippen molar-refractivity contribution in [2.45, 2.75) is 45.6 Å². The standard InChI is InChI=1S/C18H24N2O4S2/c1-5-17-19-14(12-25-17)11-24-18(21)16-10-15(9-8-13(16)4)26(22,23)20(6-2)7-3/h8-10,12H,5-7,11H2,1-4H3. The van der Waals surface area contributed by atoms with E-state index in [1.807, 2.05) is 12.3 Å². The van der Waals surface area contributed by atoms with Gasteiger partial charge in [-0.05, 0) is 31.0 Å². The second-order valence-electron chi connectivity index (χ2n) is 5.73. The fourth-order valence-corrected chi connectivity index (χ4v) is 4.70. The van der Waals surface area contributed by atoms with Crippen LogP contribution in [0.2, 0.25) is 0 Å². The number of benzene rings is 1. The Morgan fingerprint density at radius 1 is 1.23 bits per heavy atom. The molecule has 0 radical (unpaired) electrons. The van der Waals surface area contributed by atoms with Crippen LogP contribution in [-0.2, 0) is 27.8 Å². The molecule has 0 amide bonds. The molecule has 0 aliphatic carbocycles. The third-order valence-electron chi connectivity index (χ3n) is 4.03. The van der Waals surface area contributed by atoms with Gasteiger partial charge in [-0.25, -0.2) is 18.2 Å². The third kappa shape index (κ3) is 4.49. The van der Waals surface area contributed by atoms with Crippen molar-refractivity contribution in [2.24, 2.45) is 0 Å². The zero-order chi connectivity index (χ0) is 19.3. The van der Waals surface area contributed by atoms with Crippen molar-refractivity contribution < 1.29 is 17.9 Å². The van der Waals surface area contributed by atoms with Crippen LogP contribution in [-0.4, -0.2) is 36.8 Å². The van der Waals surface area contributed by atoms with E-state index in [1.165, 1.54) is 27.8 Å². The molecule has 0 unspecified atom stereocenters. The molecule has 0 saturated heterocycles. The highest BCUT2D eigenvalue weighted by Crippen LogP contribution is 2.21. The van der Waals surface area contributed by atoms with Gasteiger partial charge in [0.25, 0.3) is 0 Å². The van der Waals surface area contributed by atoms with Gasteiger partial charge in [-0.15, -0.1) is 11.3 Å². The average Bonchev–Trinajstić information content (AvgIpc) is 3.08. The minimum Gasteiger partial charge on any atom is -0.456 e. The molecule has 1 aromatic carbocycles. The van der Waals surface area contributed by atoms with Crippen LogP contribution >= 0.6 is 11.3 Å². The summed E-state index contributed by atoms with van der Waals surface area (Å²) in [4.78, 5) is 16.9. The van der Waals surface area contributed by atoms with Crippen molar-refractivity contribution >= 4 is 27.3 Å². The van der Waals surface area contributed by atoms with Crippen LogP contribution in [0.3, 0.4) is 0 Å². The summed E-state index contributed by atoms with van der Waals surface area (Å²) in [6, 6.07) is 4.54. The van der Waals surface area contributed by atoms with Crippen molar-refractivity contribution in [3.63, 3.8) is 0 Å². The molecule has 2 rings (SSSR count). The Kier molecular flexibility index (Phi) is 6.91. The van der Waals surface area contributed by atoms with Gasteiger partial charge < -0.3 is 4.74 Å². The molecule has 0 spiro atoms. The molecular formula is C18H24N2O4S2. The molecule has 0 fully saturated rings. The van der Waals surface area contributed by atoms with E-state index in [2.05, 4.69) is 4.98 Å². The maximum absolute atomic E-state index is 12.7. The summed E-state index contributed by atoms with van der Waals surface area (Å²) < 4.78 is 32.0. The largest absolute Gasteiger partial charge is 0.456 e. The highest BCUT2D eigenvalue weighted by atomic mass is 32.2. The number of aryl methyl sites for hydroxylation is 2. The number of thiazole rings is 1. The summed E-state index contributed by atoms with van der Waals surface area (Å²) in [6.45, 7) is 8.14. The quantitative estimate of drug-likeness (QED) is 0.639. The summed E-state index contributed by atoms with van der Waals surface area (Å²) >= 11 is 1.53. The molecule has 0 aliphatic rings. The zero-order valence-electron chi connectivity index (χ0n) is 15.5. The maximum Gasteiger partial charge on any atom is 0.338 e. The number of hydrogen-bond acceptors (Lipinski definition) is 6. The SMILES string of the molecule is CCc1nc(COC(=O)c2cc(S(=O)(=O)N(CC)CC)ccc2C)cs1. The molecule has 1 aromatic heterocycles. The first kappa shape index (κ1) is 20.5. The van der Waals surface area contributed by atoms with Crippen molar-refractivity contribution in [1.82, 2.24) is 9.29 Å². The molecule has 142 valence electrons. The normalized spacial score (nSPS) is 11.7. The number of ether oxygens (including phenoxy) is 1. The molecule has 0 saturated carbocycles. The molecule has 0 atom stereocenters. The minimum atomic E-state index is -3.63. The molecule has 8 heteroatoms. The van der Waals surface area contributed by atoms with Crippen molar-refractivity contribution in [2.75, 3.05) is 13.1 Å². The minimum absolute atomic E-state index is 0.0712. The molecule has 0 bridgehead atoms. The molecule has 1 heterocycles. The second kappa shape index (κ2) is 8.75. The van der Waals surface area contributed by atoms with E-state index in [4.69, 9.17) is 4.74 Å². The van der Waals surface area contributed by atoms with Crippen LogP contribution in [0.1, 0.15) is 47.4 Å². The lowest BCUT2D eigenvalue weighted by atomic mass is 10.1. The lowest BCUT2D eigenvalue weighted by Gasteiger charge is -2.19. The lowest BCUT2D eigenvalue weighted by molar-refractivity contribution is 0.0467. The zero-order valence-corrected chi connectivity index (χ0v) is 17.1. The lowest BCUT2D eigenvalue weighted by Crippen LogP contribution is -2.30. The first-order chi connectivity index (χ1) is 12.3. The summed E-state index contributed by atoms with van der Waals surface area (Å²) in [5, 5.41) is 2.85. The number of nitrogens with zero attached hydrogens (tertiary/aromatic N) is 2. The molecule has 26 heavy (non-hydrogen) atoms. The van der Waals surface area contributed by atoms with Crippen LogP contribution in [0.5, 0.6) is 0 Å². The Balaban J connectivity index is 2.22.